The molecule has 1 aromatic rings. The third-order valence-corrected chi connectivity index (χ3v) is 4.86. The van der Waals surface area contributed by atoms with Crippen LogP contribution in [0.15, 0.2) is 4.79 Å². The van der Waals surface area contributed by atoms with Crippen LogP contribution in [-0.4, -0.2) is 21.3 Å². The van der Waals surface area contributed by atoms with E-state index in [-0.39, 0.29) is 17.2 Å². The number of hydrogen-bond acceptors (Lipinski definition) is 4. The number of H-pyrrole nitrogens is 1. The molecule has 23 heavy (non-hydrogen) atoms. The molecule has 0 radical (unpaired) electrons. The topological polar surface area (TPSA) is 87.7 Å². The lowest BCUT2D eigenvalue weighted by Crippen LogP contribution is -2.37. The van der Waals surface area contributed by atoms with Gasteiger partial charge >= 0.3 is 0 Å². The Bertz CT molecular complexity index is 542. The maximum absolute atomic E-state index is 12.7. The molecule has 1 heterocycles. The number of carbonyl (C=O) groups excluding carboxylic acids is 1. The number of aromatic amines is 1. The number of nitrogens with one attached hydrogen (secondary N) is 2. The Balaban J connectivity index is 2.94. The molecular formula is C17H30N4O2. The molecule has 0 atom stereocenters. The number of rotatable bonds is 10. The molecule has 6 nitrogen and oxygen atoms in total. The van der Waals surface area contributed by atoms with Gasteiger partial charge in [-0.25, -0.2) is 5.10 Å². The van der Waals surface area contributed by atoms with Crippen molar-refractivity contribution >= 4 is 11.6 Å². The van der Waals surface area contributed by atoms with E-state index < -0.39 is 5.41 Å². The molecule has 0 saturated carbocycles. The zero-order valence-corrected chi connectivity index (χ0v) is 14.9. The Morgan fingerprint density at radius 1 is 1.09 bits per heavy atom. The van der Waals surface area contributed by atoms with Crippen LogP contribution in [0.4, 0.5) is 5.69 Å². The van der Waals surface area contributed by atoms with Gasteiger partial charge in [0.05, 0.1) is 5.69 Å². The number of aryl methyl sites for hydroxylation is 1. The lowest BCUT2D eigenvalue weighted by Gasteiger charge is -2.28. The number of aromatic nitrogens is 3. The zero-order chi connectivity index (χ0) is 17.3. The maximum Gasteiger partial charge on any atom is 0.291 e. The minimum Gasteiger partial charge on any atom is -0.319 e. The summed E-state index contributed by atoms with van der Waals surface area (Å²) in [6.07, 6.45) is 7.22. The van der Waals surface area contributed by atoms with Crippen molar-refractivity contribution in [1.82, 2.24) is 15.4 Å². The summed E-state index contributed by atoms with van der Waals surface area (Å²) < 4.78 is 0. The van der Waals surface area contributed by atoms with Crippen molar-refractivity contribution in [3.05, 3.63) is 16.0 Å². The normalized spacial score (nSPS) is 11.5. The second-order valence-corrected chi connectivity index (χ2v) is 6.07. The number of unbranched alkanes of at least 4 members (excludes halogenated alkanes) is 3. The molecule has 0 saturated heterocycles. The van der Waals surface area contributed by atoms with Crippen molar-refractivity contribution in [3.63, 3.8) is 0 Å². The summed E-state index contributed by atoms with van der Waals surface area (Å²) in [5.74, 6) is -0.0988. The molecule has 130 valence electrons. The van der Waals surface area contributed by atoms with Gasteiger partial charge < -0.3 is 5.32 Å². The fourth-order valence-electron chi connectivity index (χ4n) is 2.87. The second kappa shape index (κ2) is 9.43. The second-order valence-electron chi connectivity index (χ2n) is 6.07. The smallest absolute Gasteiger partial charge is 0.291 e. The summed E-state index contributed by atoms with van der Waals surface area (Å²) in [4.78, 5) is 24.8. The van der Waals surface area contributed by atoms with E-state index in [1.54, 1.807) is 0 Å². The highest BCUT2D eigenvalue weighted by atomic mass is 16.2. The predicted molar refractivity (Wildman–Crippen MR) is 92.4 cm³/mol. The standard InChI is InChI=1S/C17H30N4O2/c1-5-9-10-11-12-13-14(15(22)20-21-19-13)18-16(23)17(6-2,7-3)8-4/h5-12H2,1-4H3,(H,18,21,23)(H,19,20,22). The van der Waals surface area contributed by atoms with Gasteiger partial charge in [-0.1, -0.05) is 52.2 Å². The van der Waals surface area contributed by atoms with Crippen LogP contribution < -0.4 is 10.9 Å². The third-order valence-electron chi connectivity index (χ3n) is 4.86. The molecule has 0 fully saturated rings. The van der Waals surface area contributed by atoms with Crippen LogP contribution in [-0.2, 0) is 11.2 Å². The first-order valence-corrected chi connectivity index (χ1v) is 8.80. The van der Waals surface area contributed by atoms with Crippen molar-refractivity contribution in [2.45, 2.75) is 79.1 Å². The number of amides is 1. The highest BCUT2D eigenvalue weighted by Gasteiger charge is 2.33. The Morgan fingerprint density at radius 2 is 1.74 bits per heavy atom. The van der Waals surface area contributed by atoms with E-state index in [9.17, 15) is 9.59 Å². The van der Waals surface area contributed by atoms with E-state index in [1.807, 2.05) is 20.8 Å². The molecule has 2 N–H and O–H groups in total. The quantitative estimate of drug-likeness (QED) is 0.646. The van der Waals surface area contributed by atoms with Gasteiger partial charge in [-0.05, 0) is 32.1 Å². The van der Waals surface area contributed by atoms with Crippen molar-refractivity contribution in [2.24, 2.45) is 5.41 Å². The molecule has 0 spiro atoms. The predicted octanol–water partition coefficient (Wildman–Crippen LogP) is 3.44. The molecule has 0 bridgehead atoms. The maximum atomic E-state index is 12.7. The number of nitrogens with zero attached hydrogens (tertiary/aromatic N) is 2. The number of anilines is 1. The summed E-state index contributed by atoms with van der Waals surface area (Å²) in [6.45, 7) is 8.17. The van der Waals surface area contributed by atoms with Gasteiger partial charge in [-0.2, -0.15) is 0 Å². The van der Waals surface area contributed by atoms with Gasteiger partial charge in [0, 0.05) is 5.41 Å². The van der Waals surface area contributed by atoms with Crippen LogP contribution in [0.25, 0.3) is 0 Å². The van der Waals surface area contributed by atoms with Crippen molar-refractivity contribution in [3.8, 4) is 0 Å². The fraction of sp³-hybridized carbons (Fsp3) is 0.765. The molecular weight excluding hydrogens is 292 g/mol. The van der Waals surface area contributed by atoms with Crippen LogP contribution >= 0.6 is 0 Å². The van der Waals surface area contributed by atoms with E-state index in [0.29, 0.717) is 12.1 Å². The van der Waals surface area contributed by atoms with Gasteiger partial charge in [-0.3, -0.25) is 9.59 Å². The van der Waals surface area contributed by atoms with Gasteiger partial charge in [0.2, 0.25) is 5.91 Å². The molecule has 6 heteroatoms. The van der Waals surface area contributed by atoms with Crippen molar-refractivity contribution in [1.29, 1.82) is 0 Å². The molecule has 1 amide bonds. The Hall–Kier alpha value is -1.72. The Labute approximate surface area is 138 Å². The molecule has 0 aliphatic rings. The largest absolute Gasteiger partial charge is 0.319 e. The first kappa shape index (κ1) is 19.3. The highest BCUT2D eigenvalue weighted by molar-refractivity contribution is 5.95. The van der Waals surface area contributed by atoms with Gasteiger partial charge in [-0.15, -0.1) is 5.10 Å². The average Bonchev–Trinajstić information content (AvgIpc) is 2.56. The van der Waals surface area contributed by atoms with Crippen LogP contribution in [0.5, 0.6) is 0 Å². The molecule has 0 unspecified atom stereocenters. The first-order chi connectivity index (χ1) is 11.0. The van der Waals surface area contributed by atoms with E-state index in [4.69, 9.17) is 0 Å². The average molecular weight is 322 g/mol. The zero-order valence-electron chi connectivity index (χ0n) is 14.9. The minimum atomic E-state index is -0.435. The Kier molecular flexibility index (Phi) is 7.92. The van der Waals surface area contributed by atoms with Crippen LogP contribution in [0.2, 0.25) is 0 Å². The first-order valence-electron chi connectivity index (χ1n) is 8.80. The summed E-state index contributed by atoms with van der Waals surface area (Å²) in [7, 11) is 0. The lowest BCUT2D eigenvalue weighted by atomic mass is 9.79. The van der Waals surface area contributed by atoms with E-state index >= 15 is 0 Å². The van der Waals surface area contributed by atoms with Crippen molar-refractivity contribution < 1.29 is 4.79 Å². The van der Waals surface area contributed by atoms with E-state index in [0.717, 1.165) is 44.9 Å². The lowest BCUT2D eigenvalue weighted by molar-refractivity contribution is -0.126. The summed E-state index contributed by atoms with van der Waals surface area (Å²) in [5.41, 5.74) is 0.0301. The van der Waals surface area contributed by atoms with Gasteiger partial charge in [0.1, 0.15) is 5.69 Å². The monoisotopic (exact) mass is 322 g/mol. The fourth-order valence-corrected chi connectivity index (χ4v) is 2.87. The van der Waals surface area contributed by atoms with Crippen molar-refractivity contribution in [2.75, 3.05) is 5.32 Å². The number of carbonyl (C=O) groups is 1. The van der Waals surface area contributed by atoms with Crippen LogP contribution in [0, 0.1) is 5.41 Å². The number of hydrogen-bond donors (Lipinski definition) is 2. The van der Waals surface area contributed by atoms with E-state index in [2.05, 4.69) is 27.7 Å². The summed E-state index contributed by atoms with van der Waals surface area (Å²) in [5, 5.41) is 12.8. The molecule has 1 aromatic heterocycles. The van der Waals surface area contributed by atoms with E-state index in [1.165, 1.54) is 0 Å². The highest BCUT2D eigenvalue weighted by Crippen LogP contribution is 2.31. The Morgan fingerprint density at radius 3 is 2.30 bits per heavy atom. The molecule has 1 rings (SSSR count). The summed E-state index contributed by atoms with van der Waals surface area (Å²) in [6, 6.07) is 0. The summed E-state index contributed by atoms with van der Waals surface area (Å²) >= 11 is 0. The SMILES string of the molecule is CCCCCCc1nn[nH]c(=O)c1NC(=O)C(CC)(CC)CC. The molecule has 0 aromatic carbocycles. The minimum absolute atomic E-state index is 0.0988. The van der Waals surface area contributed by atoms with Gasteiger partial charge in [0.15, 0.2) is 0 Å². The molecule has 0 aliphatic heterocycles. The third kappa shape index (κ3) is 4.88. The van der Waals surface area contributed by atoms with Crippen LogP contribution in [0.1, 0.15) is 78.3 Å². The van der Waals surface area contributed by atoms with Gasteiger partial charge in [0.25, 0.3) is 5.56 Å². The van der Waals surface area contributed by atoms with Crippen LogP contribution in [0.3, 0.4) is 0 Å². The molecule has 0 aliphatic carbocycles.